The van der Waals surface area contributed by atoms with Gasteiger partial charge in [-0.3, -0.25) is 4.79 Å². The van der Waals surface area contributed by atoms with E-state index in [0.717, 1.165) is 5.56 Å². The van der Waals surface area contributed by atoms with E-state index in [4.69, 9.17) is 5.11 Å². The molecule has 0 aliphatic carbocycles. The minimum atomic E-state index is 0.109. The average molecular weight is 207 g/mol. The number of nitrogens with one attached hydrogen (secondary N) is 1. The predicted octanol–water partition coefficient (Wildman–Crippen LogP) is 2.02. The van der Waals surface area contributed by atoms with Gasteiger partial charge in [-0.05, 0) is 17.7 Å². The van der Waals surface area contributed by atoms with Crippen molar-refractivity contribution in [2.24, 2.45) is 0 Å². The minimum Gasteiger partial charge on any atom is -0.508 e. The number of rotatable bonds is 1. The van der Waals surface area contributed by atoms with Crippen LogP contribution in [-0.4, -0.2) is 17.6 Å². The second-order valence-corrected chi connectivity index (χ2v) is 3.30. The highest BCUT2D eigenvalue weighted by atomic mass is 16.3. The molecule has 1 aliphatic heterocycles. The zero-order valence-electron chi connectivity index (χ0n) is 9.16. The molecule has 0 aromatic heterocycles. The van der Waals surface area contributed by atoms with Crippen LogP contribution >= 0.6 is 0 Å². The molecular formula is C12H17NO2. The van der Waals surface area contributed by atoms with Crippen LogP contribution in [-0.2, 0) is 4.79 Å². The minimum absolute atomic E-state index is 0.109. The van der Waals surface area contributed by atoms with Gasteiger partial charge in [0.1, 0.15) is 5.75 Å². The third kappa shape index (κ3) is 2.98. The molecule has 1 unspecified atom stereocenters. The third-order valence-corrected chi connectivity index (χ3v) is 2.34. The molecule has 1 aromatic carbocycles. The lowest BCUT2D eigenvalue weighted by Gasteiger charge is -2.06. The van der Waals surface area contributed by atoms with Gasteiger partial charge in [0.2, 0.25) is 5.91 Å². The quantitative estimate of drug-likeness (QED) is 0.740. The highest BCUT2D eigenvalue weighted by Crippen LogP contribution is 2.24. The van der Waals surface area contributed by atoms with Crippen molar-refractivity contribution in [2.75, 3.05) is 6.54 Å². The monoisotopic (exact) mass is 207 g/mol. The summed E-state index contributed by atoms with van der Waals surface area (Å²) in [4.78, 5) is 10.9. The Labute approximate surface area is 90.1 Å². The first kappa shape index (κ1) is 11.6. The van der Waals surface area contributed by atoms with Crippen LogP contribution < -0.4 is 5.32 Å². The van der Waals surface area contributed by atoms with Crippen molar-refractivity contribution < 1.29 is 9.90 Å². The van der Waals surface area contributed by atoms with Gasteiger partial charge in [0, 0.05) is 18.9 Å². The Morgan fingerprint density at radius 1 is 1.27 bits per heavy atom. The molecule has 1 saturated heterocycles. The zero-order chi connectivity index (χ0) is 11.3. The van der Waals surface area contributed by atoms with Gasteiger partial charge in [0.15, 0.2) is 0 Å². The molecule has 2 rings (SSSR count). The first-order chi connectivity index (χ1) is 7.25. The number of hydrogen-bond donors (Lipinski definition) is 2. The van der Waals surface area contributed by atoms with Crippen molar-refractivity contribution in [3.05, 3.63) is 29.8 Å². The molecule has 3 heteroatoms. The number of benzene rings is 1. The second kappa shape index (κ2) is 5.39. The fourth-order valence-electron chi connectivity index (χ4n) is 1.59. The molecule has 0 saturated carbocycles. The van der Waals surface area contributed by atoms with Crippen LogP contribution in [0.4, 0.5) is 0 Å². The maximum Gasteiger partial charge on any atom is 0.220 e. The number of phenols is 1. The van der Waals surface area contributed by atoms with E-state index < -0.39 is 0 Å². The number of hydrogen-bond acceptors (Lipinski definition) is 2. The molecule has 1 aromatic rings. The van der Waals surface area contributed by atoms with Crippen LogP contribution in [0.15, 0.2) is 24.3 Å². The number of carbonyl (C=O) groups excluding carboxylic acids is 1. The molecule has 2 N–H and O–H groups in total. The molecule has 15 heavy (non-hydrogen) atoms. The molecule has 1 fully saturated rings. The summed E-state index contributed by atoms with van der Waals surface area (Å²) < 4.78 is 0. The van der Waals surface area contributed by atoms with Gasteiger partial charge in [-0.1, -0.05) is 26.0 Å². The summed E-state index contributed by atoms with van der Waals surface area (Å²) in [6.07, 6.45) is 0.560. The Bertz CT molecular complexity index is 319. The van der Waals surface area contributed by atoms with Crippen LogP contribution in [0.5, 0.6) is 5.75 Å². The van der Waals surface area contributed by atoms with E-state index in [2.05, 4.69) is 5.32 Å². The van der Waals surface area contributed by atoms with Crippen LogP contribution in [0.25, 0.3) is 0 Å². The van der Waals surface area contributed by atoms with E-state index in [1.165, 1.54) is 0 Å². The average Bonchev–Trinajstić information content (AvgIpc) is 2.69. The van der Waals surface area contributed by atoms with E-state index in [1.54, 1.807) is 12.1 Å². The zero-order valence-corrected chi connectivity index (χ0v) is 9.16. The third-order valence-electron chi connectivity index (χ3n) is 2.34. The topological polar surface area (TPSA) is 49.3 Å². The SMILES string of the molecule is CC.O=C1CC(c2ccc(O)cc2)CN1. The predicted molar refractivity (Wildman–Crippen MR) is 59.8 cm³/mol. The number of aromatic hydroxyl groups is 1. The lowest BCUT2D eigenvalue weighted by atomic mass is 9.98. The highest BCUT2D eigenvalue weighted by Gasteiger charge is 2.22. The summed E-state index contributed by atoms with van der Waals surface area (Å²) in [5, 5.41) is 11.9. The Balaban J connectivity index is 0.000000531. The normalized spacial score (nSPS) is 19.1. The van der Waals surface area contributed by atoms with E-state index in [1.807, 2.05) is 26.0 Å². The lowest BCUT2D eigenvalue weighted by Crippen LogP contribution is -2.13. The van der Waals surface area contributed by atoms with Crippen molar-refractivity contribution in [1.29, 1.82) is 0 Å². The lowest BCUT2D eigenvalue weighted by molar-refractivity contribution is -0.119. The Kier molecular flexibility index (Phi) is 4.16. The van der Waals surface area contributed by atoms with Gasteiger partial charge < -0.3 is 10.4 Å². The van der Waals surface area contributed by atoms with Crippen molar-refractivity contribution in [2.45, 2.75) is 26.2 Å². The first-order valence-electron chi connectivity index (χ1n) is 5.31. The molecule has 82 valence electrons. The van der Waals surface area contributed by atoms with Crippen LogP contribution in [0.3, 0.4) is 0 Å². The van der Waals surface area contributed by atoms with Gasteiger partial charge in [-0.25, -0.2) is 0 Å². The molecule has 1 amide bonds. The largest absolute Gasteiger partial charge is 0.508 e. The van der Waals surface area contributed by atoms with Crippen molar-refractivity contribution in [3.63, 3.8) is 0 Å². The summed E-state index contributed by atoms with van der Waals surface area (Å²) in [6.45, 7) is 4.71. The summed E-state index contributed by atoms with van der Waals surface area (Å²) in [5.74, 6) is 0.646. The maximum atomic E-state index is 10.9. The molecular weight excluding hydrogens is 190 g/mol. The van der Waals surface area contributed by atoms with E-state index >= 15 is 0 Å². The molecule has 1 heterocycles. The fourth-order valence-corrected chi connectivity index (χ4v) is 1.59. The molecule has 0 radical (unpaired) electrons. The number of phenolic OH excluding ortho intramolecular Hbond substituents is 1. The van der Waals surface area contributed by atoms with E-state index in [0.29, 0.717) is 13.0 Å². The summed E-state index contributed by atoms with van der Waals surface area (Å²) >= 11 is 0. The van der Waals surface area contributed by atoms with Gasteiger partial charge >= 0.3 is 0 Å². The molecule has 0 bridgehead atoms. The van der Waals surface area contributed by atoms with Gasteiger partial charge in [-0.2, -0.15) is 0 Å². The molecule has 1 aliphatic rings. The summed E-state index contributed by atoms with van der Waals surface area (Å²) in [5.41, 5.74) is 1.11. The maximum absolute atomic E-state index is 10.9. The number of carbonyl (C=O) groups is 1. The fraction of sp³-hybridized carbons (Fsp3) is 0.417. The van der Waals surface area contributed by atoms with Crippen LogP contribution in [0.1, 0.15) is 31.7 Å². The molecule has 0 spiro atoms. The standard InChI is InChI=1S/C10H11NO2.C2H6/c12-9-3-1-7(2-4-9)8-5-10(13)11-6-8;1-2/h1-4,8,12H,5-6H2,(H,11,13);1-2H3. The van der Waals surface area contributed by atoms with Gasteiger partial charge in [-0.15, -0.1) is 0 Å². The van der Waals surface area contributed by atoms with Crippen molar-refractivity contribution in [3.8, 4) is 5.75 Å². The Hall–Kier alpha value is -1.51. The van der Waals surface area contributed by atoms with Crippen molar-refractivity contribution in [1.82, 2.24) is 5.32 Å². The number of amides is 1. The summed E-state index contributed by atoms with van der Waals surface area (Å²) in [7, 11) is 0. The van der Waals surface area contributed by atoms with Gasteiger partial charge in [0.25, 0.3) is 0 Å². The second-order valence-electron chi connectivity index (χ2n) is 3.30. The van der Waals surface area contributed by atoms with Crippen LogP contribution in [0, 0.1) is 0 Å². The molecule has 3 nitrogen and oxygen atoms in total. The smallest absolute Gasteiger partial charge is 0.220 e. The Morgan fingerprint density at radius 2 is 1.87 bits per heavy atom. The van der Waals surface area contributed by atoms with E-state index in [-0.39, 0.29) is 17.6 Å². The Morgan fingerprint density at radius 3 is 2.33 bits per heavy atom. The van der Waals surface area contributed by atoms with Crippen LogP contribution in [0.2, 0.25) is 0 Å². The van der Waals surface area contributed by atoms with E-state index in [9.17, 15) is 4.79 Å². The molecule has 1 atom stereocenters. The summed E-state index contributed by atoms with van der Waals surface area (Å²) in [6, 6.07) is 7.02. The first-order valence-corrected chi connectivity index (χ1v) is 5.31. The highest BCUT2D eigenvalue weighted by molar-refractivity contribution is 5.79. The van der Waals surface area contributed by atoms with Gasteiger partial charge in [0.05, 0.1) is 0 Å². The van der Waals surface area contributed by atoms with Crippen molar-refractivity contribution >= 4 is 5.91 Å².